The Bertz CT molecular complexity index is 256. The molecule has 0 amide bonds. The van der Waals surface area contributed by atoms with Gasteiger partial charge >= 0.3 is 0 Å². The van der Waals surface area contributed by atoms with Crippen molar-refractivity contribution in [1.82, 2.24) is 0 Å². The summed E-state index contributed by atoms with van der Waals surface area (Å²) in [7, 11) is 1.44. The maximum Gasteiger partial charge on any atom is 0.165 e. The predicted molar refractivity (Wildman–Crippen MR) is 45.6 cm³/mol. The molecule has 1 rings (SSSR count). The predicted octanol–water partition coefficient (Wildman–Crippen LogP) is 1.60. The van der Waals surface area contributed by atoms with E-state index in [1.165, 1.54) is 13.2 Å². The molecule has 66 valence electrons. The molecule has 0 heterocycles. The molecule has 0 saturated carbocycles. The molecule has 0 atom stereocenters. The molecule has 0 unspecified atom stereocenters. The zero-order valence-electron chi connectivity index (χ0n) is 7.23. The van der Waals surface area contributed by atoms with E-state index in [9.17, 15) is 4.39 Å². The topological polar surface area (TPSA) is 35.2 Å². The Morgan fingerprint density at radius 2 is 2.17 bits per heavy atom. The Hall–Kier alpha value is -1.09. The minimum absolute atomic E-state index is 0.268. The average molecular weight is 169 g/mol. The van der Waals surface area contributed by atoms with Crippen LogP contribution in [-0.2, 0) is 6.54 Å². The summed E-state index contributed by atoms with van der Waals surface area (Å²) in [5, 5.41) is 0. The molecule has 0 aliphatic heterocycles. The number of benzene rings is 1. The zero-order valence-corrected chi connectivity index (χ0v) is 7.23. The zero-order chi connectivity index (χ0) is 9.14. The Labute approximate surface area is 71.1 Å². The molecule has 3 heteroatoms. The normalized spacial score (nSPS) is 10.0. The summed E-state index contributed by atoms with van der Waals surface area (Å²) in [6.45, 7) is 2.23. The van der Waals surface area contributed by atoms with E-state index in [2.05, 4.69) is 0 Å². The maximum absolute atomic E-state index is 13.0. The lowest BCUT2D eigenvalue weighted by Crippen LogP contribution is -2.01. The fourth-order valence-electron chi connectivity index (χ4n) is 1.07. The van der Waals surface area contributed by atoms with E-state index >= 15 is 0 Å². The second-order valence-corrected chi connectivity index (χ2v) is 2.62. The first-order chi connectivity index (χ1) is 5.69. The molecule has 0 radical (unpaired) electrons. The van der Waals surface area contributed by atoms with Crippen LogP contribution >= 0.6 is 0 Å². The third kappa shape index (κ3) is 1.56. The van der Waals surface area contributed by atoms with Crippen molar-refractivity contribution in [1.29, 1.82) is 0 Å². The van der Waals surface area contributed by atoms with Gasteiger partial charge in [-0.1, -0.05) is 0 Å². The van der Waals surface area contributed by atoms with Gasteiger partial charge in [0.1, 0.15) is 0 Å². The van der Waals surface area contributed by atoms with Crippen LogP contribution in [0.15, 0.2) is 12.1 Å². The highest BCUT2D eigenvalue weighted by molar-refractivity contribution is 5.36. The Morgan fingerprint density at radius 1 is 1.50 bits per heavy atom. The second kappa shape index (κ2) is 3.54. The van der Waals surface area contributed by atoms with Crippen molar-refractivity contribution in [3.05, 3.63) is 29.1 Å². The van der Waals surface area contributed by atoms with E-state index in [1.54, 1.807) is 6.07 Å². The Balaban J connectivity index is 3.16. The summed E-state index contributed by atoms with van der Waals surface area (Å²) >= 11 is 0. The van der Waals surface area contributed by atoms with Crippen LogP contribution in [0.1, 0.15) is 11.1 Å². The van der Waals surface area contributed by atoms with Gasteiger partial charge in [-0.25, -0.2) is 4.39 Å². The highest BCUT2D eigenvalue weighted by Gasteiger charge is 2.05. The summed E-state index contributed by atoms with van der Waals surface area (Å²) in [6, 6.07) is 3.06. The molecule has 0 aromatic heterocycles. The molecular weight excluding hydrogens is 157 g/mol. The quantitative estimate of drug-likeness (QED) is 0.729. The molecule has 12 heavy (non-hydrogen) atoms. The van der Waals surface area contributed by atoms with Gasteiger partial charge in [-0.05, 0) is 30.2 Å². The number of hydrogen-bond donors (Lipinski definition) is 1. The van der Waals surface area contributed by atoms with Crippen molar-refractivity contribution in [3.63, 3.8) is 0 Å². The number of methoxy groups -OCH3 is 1. The molecule has 0 fully saturated rings. The van der Waals surface area contributed by atoms with Crippen molar-refractivity contribution < 1.29 is 9.13 Å². The molecule has 0 saturated heterocycles. The first kappa shape index (κ1) is 9.00. The van der Waals surface area contributed by atoms with Gasteiger partial charge < -0.3 is 10.5 Å². The number of halogens is 1. The number of ether oxygens (including phenoxy) is 1. The lowest BCUT2D eigenvalue weighted by atomic mass is 10.1. The summed E-state index contributed by atoms with van der Waals surface area (Å²) in [6.07, 6.45) is 0. The van der Waals surface area contributed by atoms with Crippen LogP contribution in [-0.4, -0.2) is 7.11 Å². The van der Waals surface area contributed by atoms with Gasteiger partial charge in [-0.3, -0.25) is 0 Å². The van der Waals surface area contributed by atoms with Gasteiger partial charge in [-0.2, -0.15) is 0 Å². The molecule has 0 spiro atoms. The van der Waals surface area contributed by atoms with Crippen LogP contribution in [0.3, 0.4) is 0 Å². The van der Waals surface area contributed by atoms with E-state index in [0.717, 1.165) is 11.1 Å². The third-order valence-electron chi connectivity index (χ3n) is 1.83. The molecule has 2 nitrogen and oxygen atoms in total. The molecule has 0 aliphatic carbocycles. The fourth-order valence-corrected chi connectivity index (χ4v) is 1.07. The van der Waals surface area contributed by atoms with Crippen molar-refractivity contribution >= 4 is 0 Å². The smallest absolute Gasteiger partial charge is 0.165 e. The van der Waals surface area contributed by atoms with Crippen LogP contribution in [0.2, 0.25) is 0 Å². The van der Waals surface area contributed by atoms with Crippen molar-refractivity contribution in [2.75, 3.05) is 7.11 Å². The molecule has 2 N–H and O–H groups in total. The van der Waals surface area contributed by atoms with Crippen LogP contribution in [0.5, 0.6) is 5.75 Å². The van der Waals surface area contributed by atoms with E-state index in [-0.39, 0.29) is 11.6 Å². The Morgan fingerprint density at radius 3 is 2.67 bits per heavy atom. The number of hydrogen-bond acceptors (Lipinski definition) is 2. The van der Waals surface area contributed by atoms with Crippen molar-refractivity contribution in [2.24, 2.45) is 5.73 Å². The van der Waals surface area contributed by atoms with E-state index < -0.39 is 0 Å². The molecule has 1 aromatic rings. The minimum Gasteiger partial charge on any atom is -0.494 e. The summed E-state index contributed by atoms with van der Waals surface area (Å²) in [5.74, 6) is -0.0896. The first-order valence-corrected chi connectivity index (χ1v) is 3.72. The largest absolute Gasteiger partial charge is 0.494 e. The van der Waals surface area contributed by atoms with Crippen LogP contribution in [0.4, 0.5) is 4.39 Å². The highest BCUT2D eigenvalue weighted by atomic mass is 19.1. The molecular formula is C9H12FNO. The minimum atomic E-state index is -0.358. The Kier molecular flexibility index (Phi) is 2.65. The summed E-state index contributed by atoms with van der Waals surface area (Å²) in [5.41, 5.74) is 7.17. The lowest BCUT2D eigenvalue weighted by Gasteiger charge is -2.06. The average Bonchev–Trinajstić information content (AvgIpc) is 2.08. The summed E-state index contributed by atoms with van der Waals surface area (Å²) in [4.78, 5) is 0. The maximum atomic E-state index is 13.0. The number of rotatable bonds is 2. The van der Waals surface area contributed by atoms with Crippen LogP contribution in [0, 0.1) is 12.7 Å². The van der Waals surface area contributed by atoms with E-state index in [1.807, 2.05) is 6.92 Å². The van der Waals surface area contributed by atoms with Crippen LogP contribution < -0.4 is 10.5 Å². The second-order valence-electron chi connectivity index (χ2n) is 2.62. The van der Waals surface area contributed by atoms with Gasteiger partial charge in [0.05, 0.1) is 7.11 Å². The molecule has 1 aromatic carbocycles. The number of nitrogens with two attached hydrogens (primary N) is 1. The third-order valence-corrected chi connectivity index (χ3v) is 1.83. The van der Waals surface area contributed by atoms with Crippen LogP contribution in [0.25, 0.3) is 0 Å². The summed E-state index contributed by atoms with van der Waals surface area (Å²) < 4.78 is 17.8. The van der Waals surface area contributed by atoms with E-state index in [4.69, 9.17) is 10.5 Å². The van der Waals surface area contributed by atoms with Gasteiger partial charge in [0.25, 0.3) is 0 Å². The number of aryl methyl sites for hydroxylation is 1. The lowest BCUT2D eigenvalue weighted by molar-refractivity contribution is 0.385. The van der Waals surface area contributed by atoms with Gasteiger partial charge in [-0.15, -0.1) is 0 Å². The van der Waals surface area contributed by atoms with Crippen molar-refractivity contribution in [2.45, 2.75) is 13.5 Å². The van der Waals surface area contributed by atoms with Gasteiger partial charge in [0, 0.05) is 6.54 Å². The molecule has 0 bridgehead atoms. The SMILES string of the molecule is COc1cc(C)c(CN)cc1F. The van der Waals surface area contributed by atoms with E-state index in [0.29, 0.717) is 6.54 Å². The first-order valence-electron chi connectivity index (χ1n) is 3.72. The molecule has 0 aliphatic rings. The van der Waals surface area contributed by atoms with Gasteiger partial charge in [0.2, 0.25) is 0 Å². The monoisotopic (exact) mass is 169 g/mol. The highest BCUT2D eigenvalue weighted by Crippen LogP contribution is 2.21. The van der Waals surface area contributed by atoms with Gasteiger partial charge in [0.15, 0.2) is 11.6 Å². The standard InChI is InChI=1S/C9H12FNO/c1-6-3-9(12-2)8(10)4-7(6)5-11/h3-4H,5,11H2,1-2H3. The fraction of sp³-hybridized carbons (Fsp3) is 0.333. The van der Waals surface area contributed by atoms with Crippen molar-refractivity contribution in [3.8, 4) is 5.75 Å².